The van der Waals surface area contributed by atoms with Gasteiger partial charge in [-0.2, -0.15) is 0 Å². The summed E-state index contributed by atoms with van der Waals surface area (Å²) in [5.74, 6) is 0.842. The molecule has 1 rings (SSSR count). The molecule has 0 spiro atoms. The first-order valence-electron chi connectivity index (χ1n) is 6.45. The van der Waals surface area contributed by atoms with Crippen LogP contribution in [0.2, 0.25) is 0 Å². The highest BCUT2D eigenvalue weighted by molar-refractivity contribution is 5.54. The molecule has 1 atom stereocenters. The van der Waals surface area contributed by atoms with E-state index in [0.29, 0.717) is 0 Å². The van der Waals surface area contributed by atoms with E-state index >= 15 is 0 Å². The molecule has 1 aromatic rings. The summed E-state index contributed by atoms with van der Waals surface area (Å²) < 4.78 is 0. The molecule has 1 aromatic carbocycles. The predicted molar refractivity (Wildman–Crippen MR) is 78.1 cm³/mol. The van der Waals surface area contributed by atoms with E-state index in [4.69, 9.17) is 0 Å². The molecule has 0 heterocycles. The molecule has 0 amide bonds. The van der Waals surface area contributed by atoms with Gasteiger partial charge in [0.2, 0.25) is 0 Å². The van der Waals surface area contributed by atoms with E-state index in [2.05, 4.69) is 44.3 Å². The van der Waals surface area contributed by atoms with Crippen molar-refractivity contribution >= 4 is 5.69 Å². The molecule has 1 unspecified atom stereocenters. The van der Waals surface area contributed by atoms with Gasteiger partial charge in [0.25, 0.3) is 0 Å². The van der Waals surface area contributed by atoms with Crippen molar-refractivity contribution in [3.05, 3.63) is 29.3 Å². The van der Waals surface area contributed by atoms with Gasteiger partial charge in [-0.05, 0) is 42.9 Å². The van der Waals surface area contributed by atoms with Gasteiger partial charge >= 0.3 is 0 Å². The Morgan fingerprint density at radius 3 is 2.53 bits per heavy atom. The Hall–Kier alpha value is -1.02. The van der Waals surface area contributed by atoms with Gasteiger partial charge in [0, 0.05) is 12.7 Å². The fourth-order valence-electron chi connectivity index (χ4n) is 2.30. The zero-order chi connectivity index (χ0) is 12.0. The van der Waals surface area contributed by atoms with Crippen LogP contribution in [0.4, 0.5) is 5.69 Å². The number of anilines is 1. The monoisotopic (exact) mass is 236 g/mol. The Morgan fingerprint density at radius 1 is 1.24 bits per heavy atom. The molecule has 2 heteroatoms. The van der Waals surface area contributed by atoms with Gasteiger partial charge in [-0.15, -0.1) is 0 Å². The normalized spacial score (nSPS) is 11.8. The molecule has 2 nitrogen and oxygen atoms in total. The van der Waals surface area contributed by atoms with E-state index in [-0.39, 0.29) is 6.15 Å². The smallest absolute Gasteiger partial charge is 0.0372 e. The lowest BCUT2D eigenvalue weighted by Gasteiger charge is -2.15. The molecule has 0 saturated carbocycles. The van der Waals surface area contributed by atoms with E-state index in [9.17, 15) is 0 Å². The molecule has 0 saturated heterocycles. The molecule has 0 radical (unpaired) electrons. The second-order valence-electron chi connectivity index (χ2n) is 4.78. The maximum atomic E-state index is 3.29. The summed E-state index contributed by atoms with van der Waals surface area (Å²) >= 11 is 0. The van der Waals surface area contributed by atoms with Crippen molar-refractivity contribution in [2.24, 2.45) is 5.92 Å². The van der Waals surface area contributed by atoms with Crippen molar-refractivity contribution in [3.8, 4) is 0 Å². The van der Waals surface area contributed by atoms with Gasteiger partial charge in [-0.1, -0.05) is 38.8 Å². The van der Waals surface area contributed by atoms with Crippen molar-refractivity contribution in [2.45, 2.75) is 46.5 Å². The predicted octanol–water partition coefficient (Wildman–Crippen LogP) is 4.57. The quantitative estimate of drug-likeness (QED) is 0.760. The van der Waals surface area contributed by atoms with Crippen LogP contribution in [0, 0.1) is 12.8 Å². The third-order valence-corrected chi connectivity index (χ3v) is 3.35. The van der Waals surface area contributed by atoms with Crippen molar-refractivity contribution in [2.75, 3.05) is 12.4 Å². The summed E-state index contributed by atoms with van der Waals surface area (Å²) in [4.78, 5) is 0. The zero-order valence-electron chi connectivity index (χ0n) is 11.8. The Morgan fingerprint density at radius 2 is 1.94 bits per heavy atom. The fraction of sp³-hybridized carbons (Fsp3) is 0.600. The lowest BCUT2D eigenvalue weighted by atomic mass is 9.94. The molecule has 98 valence electrons. The van der Waals surface area contributed by atoms with Gasteiger partial charge < -0.3 is 11.5 Å². The maximum absolute atomic E-state index is 3.29. The van der Waals surface area contributed by atoms with Crippen molar-refractivity contribution in [1.82, 2.24) is 6.15 Å². The number of hydrogen-bond acceptors (Lipinski definition) is 2. The van der Waals surface area contributed by atoms with Crippen molar-refractivity contribution in [3.63, 3.8) is 0 Å². The number of benzene rings is 1. The van der Waals surface area contributed by atoms with Gasteiger partial charge in [0.05, 0.1) is 0 Å². The summed E-state index contributed by atoms with van der Waals surface area (Å²) in [6.07, 6.45) is 5.14. The summed E-state index contributed by atoms with van der Waals surface area (Å²) in [5.41, 5.74) is 4.20. The minimum absolute atomic E-state index is 0. The van der Waals surface area contributed by atoms with Gasteiger partial charge in [0.1, 0.15) is 0 Å². The summed E-state index contributed by atoms with van der Waals surface area (Å²) in [6.45, 7) is 6.84. The minimum atomic E-state index is 0. The van der Waals surface area contributed by atoms with Crippen LogP contribution in [-0.4, -0.2) is 7.05 Å². The average Bonchev–Trinajstić information content (AvgIpc) is 2.27. The second-order valence-corrected chi connectivity index (χ2v) is 4.78. The first-order valence-corrected chi connectivity index (χ1v) is 6.45. The maximum Gasteiger partial charge on any atom is 0.0372 e. The Labute approximate surface area is 106 Å². The summed E-state index contributed by atoms with van der Waals surface area (Å²) in [6, 6.07) is 6.51. The SMILES string of the molecule is CCCC(C)CCc1c(C)cccc1NC.N. The number of nitrogens with one attached hydrogen (secondary N) is 1. The zero-order valence-corrected chi connectivity index (χ0v) is 11.8. The van der Waals surface area contributed by atoms with E-state index in [1.54, 1.807) is 0 Å². The average molecular weight is 236 g/mol. The number of aryl methyl sites for hydroxylation is 1. The van der Waals surface area contributed by atoms with Crippen LogP contribution in [0.3, 0.4) is 0 Å². The van der Waals surface area contributed by atoms with Crippen LogP contribution in [0.15, 0.2) is 18.2 Å². The third-order valence-electron chi connectivity index (χ3n) is 3.35. The van der Waals surface area contributed by atoms with E-state index in [1.807, 2.05) is 7.05 Å². The third kappa shape index (κ3) is 4.78. The summed E-state index contributed by atoms with van der Waals surface area (Å²) in [5, 5.41) is 3.29. The Bertz CT molecular complexity index is 321. The van der Waals surface area contributed by atoms with Crippen LogP contribution in [0.1, 0.15) is 44.2 Å². The Kier molecular flexibility index (Phi) is 7.64. The van der Waals surface area contributed by atoms with Crippen LogP contribution in [0.25, 0.3) is 0 Å². The first-order chi connectivity index (χ1) is 7.69. The lowest BCUT2D eigenvalue weighted by Crippen LogP contribution is -2.02. The van der Waals surface area contributed by atoms with Gasteiger partial charge in [-0.3, -0.25) is 0 Å². The molecular weight excluding hydrogens is 208 g/mol. The van der Waals surface area contributed by atoms with Crippen LogP contribution >= 0.6 is 0 Å². The lowest BCUT2D eigenvalue weighted by molar-refractivity contribution is 0.486. The molecule has 0 aliphatic rings. The van der Waals surface area contributed by atoms with Gasteiger partial charge in [-0.25, -0.2) is 0 Å². The highest BCUT2D eigenvalue weighted by atomic mass is 14.8. The number of rotatable bonds is 6. The molecule has 0 fully saturated rings. The topological polar surface area (TPSA) is 47.0 Å². The highest BCUT2D eigenvalue weighted by Crippen LogP contribution is 2.23. The summed E-state index contributed by atoms with van der Waals surface area (Å²) in [7, 11) is 2.01. The molecular formula is C15H28N2. The van der Waals surface area contributed by atoms with Gasteiger partial charge in [0.15, 0.2) is 0 Å². The largest absolute Gasteiger partial charge is 0.388 e. The van der Waals surface area contributed by atoms with Crippen molar-refractivity contribution in [1.29, 1.82) is 0 Å². The van der Waals surface area contributed by atoms with Crippen LogP contribution in [0.5, 0.6) is 0 Å². The second kappa shape index (κ2) is 8.13. The van der Waals surface area contributed by atoms with Crippen LogP contribution in [-0.2, 0) is 6.42 Å². The van der Waals surface area contributed by atoms with Crippen molar-refractivity contribution < 1.29 is 0 Å². The fourth-order valence-corrected chi connectivity index (χ4v) is 2.30. The molecule has 0 aliphatic carbocycles. The number of hydrogen-bond donors (Lipinski definition) is 2. The standard InChI is InChI=1S/C15H25N.H3N/c1-5-7-12(2)10-11-14-13(3)8-6-9-15(14)16-4;/h6,8-9,12,16H,5,7,10-11H2,1-4H3;1H3. The minimum Gasteiger partial charge on any atom is -0.388 e. The Balaban J connectivity index is 0.00000256. The highest BCUT2D eigenvalue weighted by Gasteiger charge is 2.07. The van der Waals surface area contributed by atoms with E-state index < -0.39 is 0 Å². The van der Waals surface area contributed by atoms with Crippen LogP contribution < -0.4 is 11.5 Å². The molecule has 0 aromatic heterocycles. The molecule has 4 N–H and O–H groups in total. The first kappa shape index (κ1) is 16.0. The molecule has 17 heavy (non-hydrogen) atoms. The molecule has 0 bridgehead atoms. The van der Waals surface area contributed by atoms with E-state index in [0.717, 1.165) is 5.92 Å². The van der Waals surface area contributed by atoms with E-state index in [1.165, 1.54) is 42.5 Å². The molecule has 0 aliphatic heterocycles.